The highest BCUT2D eigenvalue weighted by Crippen LogP contribution is 2.33. The van der Waals surface area contributed by atoms with E-state index < -0.39 is 10.7 Å². The number of halogens is 1. The molecule has 2 rings (SSSR count). The Balaban J connectivity index is 2.36. The lowest BCUT2D eigenvalue weighted by molar-refractivity contribution is -0.384. The van der Waals surface area contributed by atoms with E-state index in [1.807, 2.05) is 4.90 Å². The van der Waals surface area contributed by atoms with Crippen molar-refractivity contribution >= 4 is 11.4 Å². The van der Waals surface area contributed by atoms with Crippen molar-refractivity contribution in [2.75, 3.05) is 18.0 Å². The fourth-order valence-corrected chi connectivity index (χ4v) is 2.76. The molecule has 2 atom stereocenters. The molecule has 1 aliphatic heterocycles. The Morgan fingerprint density at radius 3 is 2.50 bits per heavy atom. The number of piperidine rings is 1. The van der Waals surface area contributed by atoms with Crippen LogP contribution in [0, 0.1) is 27.8 Å². The molecule has 1 fully saturated rings. The number of nitro benzene ring substituents is 1. The van der Waals surface area contributed by atoms with Crippen molar-refractivity contribution in [3.8, 4) is 0 Å². The highest BCUT2D eigenvalue weighted by Gasteiger charge is 2.27. The quantitative estimate of drug-likeness (QED) is 0.599. The van der Waals surface area contributed by atoms with Crippen LogP contribution in [0.3, 0.4) is 0 Å². The molecule has 0 radical (unpaired) electrons. The number of benzene rings is 1. The lowest BCUT2D eigenvalue weighted by Crippen LogP contribution is -2.39. The largest absolute Gasteiger partial charge is 0.365 e. The van der Waals surface area contributed by atoms with Crippen LogP contribution in [-0.2, 0) is 0 Å². The maximum atomic E-state index is 13.3. The van der Waals surface area contributed by atoms with Gasteiger partial charge in [-0.1, -0.05) is 13.8 Å². The Bertz CT molecular complexity index is 454. The van der Waals surface area contributed by atoms with Gasteiger partial charge in [0.25, 0.3) is 5.69 Å². The van der Waals surface area contributed by atoms with Crippen LogP contribution in [0.4, 0.5) is 15.8 Å². The molecule has 1 heterocycles. The minimum Gasteiger partial charge on any atom is -0.365 e. The molecule has 98 valence electrons. The average Bonchev–Trinajstić information content (AvgIpc) is 2.27. The maximum Gasteiger partial charge on any atom is 0.292 e. The second-order valence-electron chi connectivity index (χ2n) is 5.24. The zero-order chi connectivity index (χ0) is 13.3. The van der Waals surface area contributed by atoms with Crippen LogP contribution in [0.15, 0.2) is 18.2 Å². The van der Waals surface area contributed by atoms with E-state index in [0.29, 0.717) is 17.5 Å². The van der Waals surface area contributed by atoms with Gasteiger partial charge in [-0.25, -0.2) is 4.39 Å². The third kappa shape index (κ3) is 2.60. The van der Waals surface area contributed by atoms with Gasteiger partial charge >= 0.3 is 0 Å². The first-order valence-electron chi connectivity index (χ1n) is 6.16. The Kier molecular flexibility index (Phi) is 3.50. The van der Waals surface area contributed by atoms with Crippen LogP contribution in [0.5, 0.6) is 0 Å². The summed E-state index contributed by atoms with van der Waals surface area (Å²) in [7, 11) is 0. The van der Waals surface area contributed by atoms with Gasteiger partial charge < -0.3 is 4.90 Å². The van der Waals surface area contributed by atoms with Gasteiger partial charge in [0.05, 0.1) is 4.92 Å². The van der Waals surface area contributed by atoms with E-state index in [-0.39, 0.29) is 5.69 Å². The molecule has 1 aromatic carbocycles. The number of nitro groups is 1. The van der Waals surface area contributed by atoms with Crippen molar-refractivity contribution in [3.05, 3.63) is 34.1 Å². The number of hydrogen-bond donors (Lipinski definition) is 0. The van der Waals surface area contributed by atoms with Crippen molar-refractivity contribution in [2.24, 2.45) is 11.8 Å². The first kappa shape index (κ1) is 12.8. The topological polar surface area (TPSA) is 46.4 Å². The van der Waals surface area contributed by atoms with Crippen molar-refractivity contribution in [2.45, 2.75) is 20.3 Å². The van der Waals surface area contributed by atoms with Gasteiger partial charge in [0.15, 0.2) is 0 Å². The molecule has 0 saturated carbocycles. The minimum absolute atomic E-state index is 0.0160. The summed E-state index contributed by atoms with van der Waals surface area (Å²) in [4.78, 5) is 12.5. The molecular weight excluding hydrogens is 235 g/mol. The van der Waals surface area contributed by atoms with E-state index >= 15 is 0 Å². The van der Waals surface area contributed by atoms with E-state index in [1.54, 1.807) is 0 Å². The van der Waals surface area contributed by atoms with Crippen LogP contribution in [0.1, 0.15) is 20.3 Å². The lowest BCUT2D eigenvalue weighted by Gasteiger charge is -2.36. The summed E-state index contributed by atoms with van der Waals surface area (Å²) in [5, 5.41) is 11.0. The zero-order valence-electron chi connectivity index (χ0n) is 10.6. The van der Waals surface area contributed by atoms with Crippen LogP contribution in [0.2, 0.25) is 0 Å². The average molecular weight is 252 g/mol. The fourth-order valence-electron chi connectivity index (χ4n) is 2.76. The second-order valence-corrected chi connectivity index (χ2v) is 5.24. The Morgan fingerprint density at radius 2 is 1.94 bits per heavy atom. The monoisotopic (exact) mass is 252 g/mol. The molecule has 1 saturated heterocycles. The number of anilines is 1. The Hall–Kier alpha value is -1.65. The normalized spacial score (nSPS) is 24.1. The summed E-state index contributed by atoms with van der Waals surface area (Å²) in [6.45, 7) is 5.73. The van der Waals surface area contributed by atoms with Gasteiger partial charge in [0.2, 0.25) is 0 Å². The molecule has 4 nitrogen and oxygen atoms in total. The molecule has 0 N–H and O–H groups in total. The maximum absolute atomic E-state index is 13.3. The van der Waals surface area contributed by atoms with Gasteiger partial charge in [0.1, 0.15) is 11.5 Å². The van der Waals surface area contributed by atoms with E-state index in [1.165, 1.54) is 12.1 Å². The molecule has 0 bridgehead atoms. The van der Waals surface area contributed by atoms with Crippen LogP contribution < -0.4 is 4.90 Å². The molecule has 0 aliphatic carbocycles. The Morgan fingerprint density at radius 1 is 1.33 bits per heavy atom. The summed E-state index contributed by atoms with van der Waals surface area (Å²) in [5.74, 6) is 0.509. The smallest absolute Gasteiger partial charge is 0.292 e. The van der Waals surface area contributed by atoms with E-state index in [2.05, 4.69) is 13.8 Å². The molecule has 2 unspecified atom stereocenters. The van der Waals surface area contributed by atoms with Gasteiger partial charge in [-0.05, 0) is 24.3 Å². The van der Waals surface area contributed by atoms with Gasteiger partial charge in [-0.2, -0.15) is 0 Å². The van der Waals surface area contributed by atoms with Gasteiger partial charge in [-0.3, -0.25) is 10.1 Å². The number of hydrogen-bond acceptors (Lipinski definition) is 3. The van der Waals surface area contributed by atoms with Crippen molar-refractivity contribution < 1.29 is 9.31 Å². The van der Waals surface area contributed by atoms with Crippen LogP contribution in [-0.4, -0.2) is 18.0 Å². The molecular formula is C13H17FN2O2. The summed E-state index contributed by atoms with van der Waals surface area (Å²) in [5.41, 5.74) is 0.385. The summed E-state index contributed by atoms with van der Waals surface area (Å²) in [6, 6.07) is 3.65. The van der Waals surface area contributed by atoms with E-state index in [9.17, 15) is 14.5 Å². The number of nitrogens with zero attached hydrogens (tertiary/aromatic N) is 2. The fraction of sp³-hybridized carbons (Fsp3) is 0.538. The van der Waals surface area contributed by atoms with Crippen molar-refractivity contribution in [3.63, 3.8) is 0 Å². The number of rotatable bonds is 2. The van der Waals surface area contributed by atoms with Gasteiger partial charge in [-0.15, -0.1) is 0 Å². The molecule has 1 aliphatic rings. The lowest BCUT2D eigenvalue weighted by atomic mass is 9.91. The highest BCUT2D eigenvalue weighted by molar-refractivity contribution is 5.63. The summed E-state index contributed by atoms with van der Waals surface area (Å²) in [6.07, 6.45) is 1.11. The van der Waals surface area contributed by atoms with Crippen molar-refractivity contribution in [1.82, 2.24) is 0 Å². The van der Waals surface area contributed by atoms with Gasteiger partial charge in [0, 0.05) is 25.2 Å². The van der Waals surface area contributed by atoms with E-state index in [4.69, 9.17) is 0 Å². The first-order valence-corrected chi connectivity index (χ1v) is 6.16. The zero-order valence-corrected chi connectivity index (χ0v) is 10.6. The Labute approximate surface area is 106 Å². The molecule has 0 spiro atoms. The predicted molar refractivity (Wildman–Crippen MR) is 68.2 cm³/mol. The molecule has 1 aromatic rings. The minimum atomic E-state index is -0.446. The summed E-state index contributed by atoms with van der Waals surface area (Å²) < 4.78 is 13.3. The third-order valence-corrected chi connectivity index (χ3v) is 3.34. The SMILES string of the molecule is CC1CC(C)CN(c2cc(F)ccc2[N+](=O)[O-])C1. The van der Waals surface area contributed by atoms with Crippen molar-refractivity contribution in [1.29, 1.82) is 0 Å². The predicted octanol–water partition coefficient (Wildman–Crippen LogP) is 3.22. The van der Waals surface area contributed by atoms with Crippen LogP contribution in [0.25, 0.3) is 0 Å². The molecule has 0 amide bonds. The third-order valence-electron chi connectivity index (χ3n) is 3.34. The highest BCUT2D eigenvalue weighted by atomic mass is 19.1. The summed E-state index contributed by atoms with van der Waals surface area (Å²) >= 11 is 0. The standard InChI is InChI=1S/C13H17FN2O2/c1-9-5-10(2)8-15(7-9)13-6-11(14)3-4-12(13)16(17)18/h3-4,6,9-10H,5,7-8H2,1-2H3. The van der Waals surface area contributed by atoms with E-state index in [0.717, 1.165) is 25.6 Å². The molecule has 5 heteroatoms. The first-order chi connectivity index (χ1) is 8.47. The van der Waals surface area contributed by atoms with Crippen LogP contribution >= 0.6 is 0 Å². The molecule has 0 aromatic heterocycles. The second kappa shape index (κ2) is 4.92. The molecule has 18 heavy (non-hydrogen) atoms.